The van der Waals surface area contributed by atoms with Gasteiger partial charge in [-0.25, -0.2) is 0 Å². The summed E-state index contributed by atoms with van der Waals surface area (Å²) < 4.78 is 5.12. The summed E-state index contributed by atoms with van der Waals surface area (Å²) in [4.78, 5) is 22.9. The highest BCUT2D eigenvalue weighted by Gasteiger charge is 2.19. The molecule has 0 spiro atoms. The predicted molar refractivity (Wildman–Crippen MR) is 87.7 cm³/mol. The maximum Gasteiger partial charge on any atom is 0.273 e. The number of carbonyl (C=O) groups is 1. The Bertz CT molecular complexity index is 712. The molecule has 0 bridgehead atoms. The summed E-state index contributed by atoms with van der Waals surface area (Å²) in [5.41, 5.74) is 0.740. The zero-order chi connectivity index (χ0) is 17.7. The highest BCUT2D eigenvalue weighted by molar-refractivity contribution is 5.95. The minimum atomic E-state index is -0.827. The minimum Gasteiger partial charge on any atom is -0.467 e. The Hall–Kier alpha value is -2.67. The van der Waals surface area contributed by atoms with Crippen LogP contribution in [0.3, 0.4) is 0 Å². The highest BCUT2D eigenvalue weighted by Crippen LogP contribution is 2.22. The van der Waals surface area contributed by atoms with Crippen LogP contribution in [0.25, 0.3) is 0 Å². The lowest BCUT2D eigenvalue weighted by Gasteiger charge is -2.17. The Morgan fingerprint density at radius 2 is 2.17 bits per heavy atom. The monoisotopic (exact) mass is 332 g/mol. The van der Waals surface area contributed by atoms with E-state index in [1.165, 1.54) is 12.3 Å². The van der Waals surface area contributed by atoms with E-state index in [2.05, 4.69) is 5.32 Å². The van der Waals surface area contributed by atoms with Gasteiger partial charge >= 0.3 is 0 Å². The predicted octanol–water partition coefficient (Wildman–Crippen LogP) is 2.99. The van der Waals surface area contributed by atoms with E-state index in [0.717, 1.165) is 0 Å². The van der Waals surface area contributed by atoms with E-state index in [1.807, 2.05) is 6.92 Å². The number of nitrogens with zero attached hydrogens (tertiary/aromatic N) is 1. The smallest absolute Gasteiger partial charge is 0.273 e. The van der Waals surface area contributed by atoms with Crippen LogP contribution in [-0.4, -0.2) is 22.0 Å². The van der Waals surface area contributed by atoms with Gasteiger partial charge in [-0.1, -0.05) is 13.0 Å². The molecule has 1 aromatic carbocycles. The molecule has 24 heavy (non-hydrogen) atoms. The van der Waals surface area contributed by atoms with Gasteiger partial charge in [0.05, 0.1) is 11.2 Å². The van der Waals surface area contributed by atoms with Crippen molar-refractivity contribution in [2.75, 3.05) is 0 Å². The molecule has 0 radical (unpaired) electrons. The summed E-state index contributed by atoms with van der Waals surface area (Å²) in [6.45, 7) is 3.57. The van der Waals surface area contributed by atoms with Crippen LogP contribution in [0.2, 0.25) is 0 Å². The number of amides is 1. The SMILES string of the molecule is CCc1ccc(C(=O)NC(C)CC(O)c2ccco2)cc1[N+](=O)[O-]. The summed E-state index contributed by atoms with van der Waals surface area (Å²) in [6.07, 6.45) is 1.43. The van der Waals surface area contributed by atoms with E-state index >= 15 is 0 Å². The molecule has 2 atom stereocenters. The van der Waals surface area contributed by atoms with E-state index in [0.29, 0.717) is 17.7 Å². The fraction of sp³-hybridized carbons (Fsp3) is 0.353. The molecule has 1 aromatic heterocycles. The van der Waals surface area contributed by atoms with E-state index in [9.17, 15) is 20.0 Å². The van der Waals surface area contributed by atoms with Gasteiger partial charge < -0.3 is 14.8 Å². The van der Waals surface area contributed by atoms with Crippen LogP contribution in [0.15, 0.2) is 41.0 Å². The third kappa shape index (κ3) is 4.20. The van der Waals surface area contributed by atoms with Gasteiger partial charge in [0.1, 0.15) is 11.9 Å². The third-order valence-corrected chi connectivity index (χ3v) is 3.75. The molecule has 2 rings (SSSR count). The molecule has 0 saturated heterocycles. The summed E-state index contributed by atoms with van der Waals surface area (Å²) >= 11 is 0. The number of furan rings is 1. The lowest BCUT2D eigenvalue weighted by atomic mass is 10.1. The van der Waals surface area contributed by atoms with Crippen molar-refractivity contribution < 1.29 is 19.2 Å². The van der Waals surface area contributed by atoms with Gasteiger partial charge in [-0.2, -0.15) is 0 Å². The molecule has 0 fully saturated rings. The van der Waals surface area contributed by atoms with Crippen molar-refractivity contribution in [2.45, 2.75) is 38.8 Å². The lowest BCUT2D eigenvalue weighted by Crippen LogP contribution is -2.33. The van der Waals surface area contributed by atoms with Crippen molar-refractivity contribution in [3.8, 4) is 0 Å². The van der Waals surface area contributed by atoms with Crippen molar-refractivity contribution in [3.05, 3.63) is 63.6 Å². The number of aliphatic hydroxyl groups excluding tert-OH is 1. The van der Waals surface area contributed by atoms with Crippen molar-refractivity contribution in [1.29, 1.82) is 0 Å². The van der Waals surface area contributed by atoms with E-state index < -0.39 is 16.9 Å². The van der Waals surface area contributed by atoms with Crippen LogP contribution < -0.4 is 5.32 Å². The maximum absolute atomic E-state index is 12.3. The average Bonchev–Trinajstić information content (AvgIpc) is 3.08. The average molecular weight is 332 g/mol. The number of carbonyl (C=O) groups excluding carboxylic acids is 1. The molecule has 7 nitrogen and oxygen atoms in total. The first kappa shape index (κ1) is 17.7. The molecular weight excluding hydrogens is 312 g/mol. The minimum absolute atomic E-state index is 0.0616. The van der Waals surface area contributed by atoms with E-state index in [4.69, 9.17) is 4.42 Å². The maximum atomic E-state index is 12.3. The number of rotatable bonds is 7. The van der Waals surface area contributed by atoms with Gasteiger partial charge in [-0.3, -0.25) is 14.9 Å². The number of nitro groups is 1. The van der Waals surface area contributed by atoms with E-state index in [1.54, 1.807) is 31.2 Å². The number of nitro benzene ring substituents is 1. The largest absolute Gasteiger partial charge is 0.467 e. The van der Waals surface area contributed by atoms with Crippen LogP contribution in [0.5, 0.6) is 0 Å². The molecular formula is C17H20N2O5. The Balaban J connectivity index is 2.03. The Morgan fingerprint density at radius 1 is 1.42 bits per heavy atom. The summed E-state index contributed by atoms with van der Waals surface area (Å²) in [5, 5.41) is 23.8. The molecule has 0 aliphatic carbocycles. The van der Waals surface area contributed by atoms with Gasteiger partial charge in [-0.15, -0.1) is 0 Å². The normalized spacial score (nSPS) is 13.3. The van der Waals surface area contributed by atoms with Crippen molar-refractivity contribution in [3.63, 3.8) is 0 Å². The van der Waals surface area contributed by atoms with Gasteiger partial charge in [0.25, 0.3) is 11.6 Å². The molecule has 0 aliphatic heterocycles. The molecule has 2 unspecified atom stereocenters. The molecule has 2 aromatic rings. The van der Waals surface area contributed by atoms with Crippen LogP contribution in [-0.2, 0) is 6.42 Å². The summed E-state index contributed by atoms with van der Waals surface area (Å²) in [6, 6.07) is 7.45. The van der Waals surface area contributed by atoms with Crippen LogP contribution in [0, 0.1) is 10.1 Å². The van der Waals surface area contributed by atoms with Gasteiger partial charge in [0.15, 0.2) is 0 Å². The molecule has 0 aliphatic rings. The number of aliphatic hydroxyl groups is 1. The molecule has 2 N–H and O–H groups in total. The number of aryl methyl sites for hydroxylation is 1. The molecule has 1 heterocycles. The molecule has 0 saturated carbocycles. The molecule has 1 amide bonds. The Labute approximate surface area is 139 Å². The fourth-order valence-electron chi connectivity index (χ4n) is 2.47. The van der Waals surface area contributed by atoms with Crippen molar-refractivity contribution in [1.82, 2.24) is 5.32 Å². The molecule has 7 heteroatoms. The van der Waals surface area contributed by atoms with Gasteiger partial charge in [0.2, 0.25) is 0 Å². The van der Waals surface area contributed by atoms with Gasteiger partial charge in [-0.05, 0) is 31.5 Å². The lowest BCUT2D eigenvalue weighted by molar-refractivity contribution is -0.385. The number of hydrogen-bond donors (Lipinski definition) is 2. The standard InChI is InChI=1S/C17H20N2O5/c1-3-12-6-7-13(10-14(12)19(22)23)17(21)18-11(2)9-15(20)16-5-4-8-24-16/h4-8,10-11,15,20H,3,9H2,1-2H3,(H,18,21). The fourth-order valence-corrected chi connectivity index (χ4v) is 2.47. The first-order valence-electron chi connectivity index (χ1n) is 7.72. The second kappa shape index (κ2) is 7.74. The first-order valence-corrected chi connectivity index (χ1v) is 7.72. The Kier molecular flexibility index (Phi) is 5.70. The van der Waals surface area contributed by atoms with Gasteiger partial charge in [0, 0.05) is 29.7 Å². The second-order valence-electron chi connectivity index (χ2n) is 5.60. The number of nitrogens with one attached hydrogen (secondary N) is 1. The van der Waals surface area contributed by atoms with Crippen LogP contribution in [0.1, 0.15) is 48.1 Å². The first-order chi connectivity index (χ1) is 11.4. The number of benzene rings is 1. The van der Waals surface area contributed by atoms with E-state index in [-0.39, 0.29) is 23.7 Å². The topological polar surface area (TPSA) is 106 Å². The third-order valence-electron chi connectivity index (χ3n) is 3.75. The van der Waals surface area contributed by atoms with Crippen molar-refractivity contribution >= 4 is 11.6 Å². The summed E-state index contributed by atoms with van der Waals surface area (Å²) in [5.74, 6) is 0.0129. The second-order valence-corrected chi connectivity index (χ2v) is 5.60. The van der Waals surface area contributed by atoms with Crippen molar-refractivity contribution in [2.24, 2.45) is 0 Å². The zero-order valence-electron chi connectivity index (χ0n) is 13.6. The molecule has 128 valence electrons. The Morgan fingerprint density at radius 3 is 2.75 bits per heavy atom. The van der Waals surface area contributed by atoms with Crippen LogP contribution in [0.4, 0.5) is 5.69 Å². The summed E-state index contributed by atoms with van der Waals surface area (Å²) in [7, 11) is 0. The highest BCUT2D eigenvalue weighted by atomic mass is 16.6. The number of hydrogen-bond acceptors (Lipinski definition) is 5. The van der Waals surface area contributed by atoms with Crippen LogP contribution >= 0.6 is 0 Å². The quantitative estimate of drug-likeness (QED) is 0.599. The zero-order valence-corrected chi connectivity index (χ0v) is 13.6.